The van der Waals surface area contributed by atoms with Crippen LogP contribution in [0.5, 0.6) is 0 Å². The van der Waals surface area contributed by atoms with E-state index in [2.05, 4.69) is 15.6 Å². The van der Waals surface area contributed by atoms with Crippen molar-refractivity contribution in [1.82, 2.24) is 4.98 Å². The van der Waals surface area contributed by atoms with E-state index < -0.39 is 4.92 Å². The molecule has 0 aliphatic carbocycles. The molecule has 2 aromatic rings. The number of aromatic nitrogens is 1. The summed E-state index contributed by atoms with van der Waals surface area (Å²) in [7, 11) is 0. The van der Waals surface area contributed by atoms with Crippen LogP contribution in [-0.4, -0.2) is 16.5 Å². The smallest absolute Gasteiger partial charge is 0.311 e. The number of nitrogens with one attached hydrogen (secondary N) is 2. The van der Waals surface area contributed by atoms with Gasteiger partial charge in [0.25, 0.3) is 0 Å². The lowest BCUT2D eigenvalue weighted by Gasteiger charge is -2.08. The Hall–Kier alpha value is -2.15. The number of rotatable bonds is 7. The van der Waals surface area contributed by atoms with Crippen molar-refractivity contribution in [2.75, 3.05) is 17.2 Å². The Labute approximate surface area is 121 Å². The molecule has 2 heterocycles. The maximum absolute atomic E-state index is 11.0. The molecule has 0 saturated carbocycles. The number of anilines is 2. The van der Waals surface area contributed by atoms with Crippen LogP contribution in [0.4, 0.5) is 17.3 Å². The molecule has 7 heteroatoms. The van der Waals surface area contributed by atoms with Gasteiger partial charge in [0.15, 0.2) is 0 Å². The zero-order chi connectivity index (χ0) is 14.4. The van der Waals surface area contributed by atoms with E-state index >= 15 is 0 Å². The zero-order valence-corrected chi connectivity index (χ0v) is 11.9. The number of thiophene rings is 1. The number of nitrogens with zero attached hydrogens (tertiary/aromatic N) is 2. The van der Waals surface area contributed by atoms with Crippen LogP contribution < -0.4 is 10.6 Å². The maximum atomic E-state index is 11.0. The van der Waals surface area contributed by atoms with Crippen LogP contribution in [0.3, 0.4) is 0 Å². The van der Waals surface area contributed by atoms with Crippen molar-refractivity contribution in [3.63, 3.8) is 0 Å². The van der Waals surface area contributed by atoms with Gasteiger partial charge in [-0.05, 0) is 23.9 Å². The maximum Gasteiger partial charge on any atom is 0.311 e. The largest absolute Gasteiger partial charge is 0.370 e. The minimum absolute atomic E-state index is 0.0106. The molecule has 0 bridgehead atoms. The second-order valence-corrected chi connectivity index (χ2v) is 5.21. The molecule has 0 radical (unpaired) electrons. The zero-order valence-electron chi connectivity index (χ0n) is 11.1. The molecular weight excluding hydrogens is 276 g/mol. The van der Waals surface area contributed by atoms with E-state index in [1.807, 2.05) is 24.4 Å². The first-order valence-corrected chi connectivity index (χ1v) is 7.24. The van der Waals surface area contributed by atoms with Gasteiger partial charge in [-0.1, -0.05) is 13.0 Å². The molecule has 0 saturated heterocycles. The minimum Gasteiger partial charge on any atom is -0.370 e. The summed E-state index contributed by atoms with van der Waals surface area (Å²) >= 11 is 1.60. The molecule has 2 aromatic heterocycles. The SMILES string of the molecule is CCCNc1ccc([N+](=O)[O-])c(NCc2cccs2)n1. The van der Waals surface area contributed by atoms with Gasteiger partial charge in [-0.25, -0.2) is 4.98 Å². The fraction of sp³-hybridized carbons (Fsp3) is 0.308. The summed E-state index contributed by atoms with van der Waals surface area (Å²) in [5.41, 5.74) is -0.0106. The molecule has 0 aromatic carbocycles. The van der Waals surface area contributed by atoms with E-state index in [1.165, 1.54) is 6.07 Å². The van der Waals surface area contributed by atoms with Crippen molar-refractivity contribution in [2.24, 2.45) is 0 Å². The molecule has 0 spiro atoms. The van der Waals surface area contributed by atoms with E-state index in [1.54, 1.807) is 17.4 Å². The summed E-state index contributed by atoms with van der Waals surface area (Å²) in [4.78, 5) is 16.0. The Bertz CT molecular complexity index is 572. The summed E-state index contributed by atoms with van der Waals surface area (Å²) in [5.74, 6) is 0.940. The molecule has 2 N–H and O–H groups in total. The van der Waals surface area contributed by atoms with Gasteiger partial charge >= 0.3 is 5.69 Å². The van der Waals surface area contributed by atoms with Crippen molar-refractivity contribution in [1.29, 1.82) is 0 Å². The van der Waals surface area contributed by atoms with Crippen LogP contribution in [0.2, 0.25) is 0 Å². The topological polar surface area (TPSA) is 80.1 Å². The van der Waals surface area contributed by atoms with E-state index in [0.29, 0.717) is 18.2 Å². The third kappa shape index (κ3) is 3.67. The molecule has 0 fully saturated rings. The van der Waals surface area contributed by atoms with Gasteiger partial charge in [0.05, 0.1) is 11.5 Å². The Kier molecular flexibility index (Phi) is 4.89. The van der Waals surface area contributed by atoms with Crippen LogP contribution in [0.1, 0.15) is 18.2 Å². The highest BCUT2D eigenvalue weighted by Crippen LogP contribution is 2.25. The van der Waals surface area contributed by atoms with E-state index in [-0.39, 0.29) is 5.69 Å². The van der Waals surface area contributed by atoms with Crippen molar-refractivity contribution < 1.29 is 4.92 Å². The molecular formula is C13H16N4O2S. The molecule has 0 amide bonds. The molecule has 2 rings (SSSR count). The molecule has 0 unspecified atom stereocenters. The summed E-state index contributed by atoms with van der Waals surface area (Å²) < 4.78 is 0. The monoisotopic (exact) mass is 292 g/mol. The van der Waals surface area contributed by atoms with Crippen LogP contribution in [0.25, 0.3) is 0 Å². The van der Waals surface area contributed by atoms with Gasteiger partial charge in [-0.15, -0.1) is 11.3 Å². The van der Waals surface area contributed by atoms with E-state index in [9.17, 15) is 10.1 Å². The molecule has 20 heavy (non-hydrogen) atoms. The second kappa shape index (κ2) is 6.85. The fourth-order valence-corrected chi connectivity index (χ4v) is 2.31. The first-order chi connectivity index (χ1) is 9.70. The first kappa shape index (κ1) is 14.3. The van der Waals surface area contributed by atoms with Crippen molar-refractivity contribution in [3.8, 4) is 0 Å². The lowest BCUT2D eigenvalue weighted by Crippen LogP contribution is -2.07. The highest BCUT2D eigenvalue weighted by Gasteiger charge is 2.15. The van der Waals surface area contributed by atoms with Gasteiger partial charge < -0.3 is 10.6 Å². The Morgan fingerprint density at radius 2 is 2.20 bits per heavy atom. The number of hydrogen-bond donors (Lipinski definition) is 2. The minimum atomic E-state index is -0.423. The lowest BCUT2D eigenvalue weighted by molar-refractivity contribution is -0.384. The standard InChI is InChI=1S/C13H16N4O2S/c1-2-7-14-12-6-5-11(17(18)19)13(16-12)15-9-10-4-3-8-20-10/h3-6,8H,2,7,9H2,1H3,(H2,14,15,16). The van der Waals surface area contributed by atoms with Crippen molar-refractivity contribution in [2.45, 2.75) is 19.9 Å². The molecule has 106 valence electrons. The Balaban J connectivity index is 2.15. The van der Waals surface area contributed by atoms with Gasteiger partial charge in [-0.2, -0.15) is 0 Å². The second-order valence-electron chi connectivity index (χ2n) is 4.18. The third-order valence-corrected chi connectivity index (χ3v) is 3.51. The van der Waals surface area contributed by atoms with Gasteiger partial charge in [-0.3, -0.25) is 10.1 Å². The number of hydrogen-bond acceptors (Lipinski definition) is 6. The summed E-state index contributed by atoms with van der Waals surface area (Å²) in [6, 6.07) is 7.03. The summed E-state index contributed by atoms with van der Waals surface area (Å²) in [6.45, 7) is 3.37. The molecule has 0 atom stereocenters. The van der Waals surface area contributed by atoms with E-state index in [4.69, 9.17) is 0 Å². The van der Waals surface area contributed by atoms with Crippen molar-refractivity contribution in [3.05, 3.63) is 44.6 Å². The fourth-order valence-electron chi connectivity index (χ4n) is 1.66. The summed E-state index contributed by atoms with van der Waals surface area (Å²) in [5, 5.41) is 19.1. The summed E-state index contributed by atoms with van der Waals surface area (Å²) in [6.07, 6.45) is 0.969. The van der Waals surface area contributed by atoms with Crippen LogP contribution in [0, 0.1) is 10.1 Å². The van der Waals surface area contributed by atoms with Crippen LogP contribution in [0.15, 0.2) is 29.6 Å². The first-order valence-electron chi connectivity index (χ1n) is 6.36. The molecule has 0 aliphatic heterocycles. The quantitative estimate of drug-likeness (QED) is 0.603. The Morgan fingerprint density at radius 3 is 2.85 bits per heavy atom. The highest BCUT2D eigenvalue weighted by molar-refractivity contribution is 7.09. The predicted octanol–water partition coefficient (Wildman–Crippen LogP) is 3.49. The van der Waals surface area contributed by atoms with Crippen molar-refractivity contribution >= 4 is 28.7 Å². The Morgan fingerprint density at radius 1 is 1.35 bits per heavy atom. The average Bonchev–Trinajstić information content (AvgIpc) is 2.96. The number of pyridine rings is 1. The highest BCUT2D eigenvalue weighted by atomic mass is 32.1. The van der Waals surface area contributed by atoms with Crippen LogP contribution >= 0.6 is 11.3 Å². The molecule has 0 aliphatic rings. The average molecular weight is 292 g/mol. The molecule has 6 nitrogen and oxygen atoms in total. The van der Waals surface area contributed by atoms with E-state index in [0.717, 1.165) is 17.8 Å². The van der Waals surface area contributed by atoms with Gasteiger partial charge in [0.2, 0.25) is 5.82 Å². The van der Waals surface area contributed by atoms with Crippen LogP contribution in [-0.2, 0) is 6.54 Å². The lowest BCUT2D eigenvalue weighted by atomic mass is 10.3. The third-order valence-electron chi connectivity index (χ3n) is 2.64. The number of nitro groups is 1. The van der Waals surface area contributed by atoms with Gasteiger partial charge in [0, 0.05) is 17.5 Å². The van der Waals surface area contributed by atoms with Gasteiger partial charge in [0.1, 0.15) is 5.82 Å². The predicted molar refractivity (Wildman–Crippen MR) is 81.3 cm³/mol. The normalized spacial score (nSPS) is 10.2.